The van der Waals surface area contributed by atoms with Gasteiger partial charge in [-0.2, -0.15) is 0 Å². The van der Waals surface area contributed by atoms with Crippen LogP contribution < -0.4 is 14.2 Å². The van der Waals surface area contributed by atoms with E-state index in [1.807, 2.05) is 37.3 Å². The molecule has 35 heavy (non-hydrogen) atoms. The molecule has 0 aliphatic carbocycles. The molecule has 2 aromatic carbocycles. The summed E-state index contributed by atoms with van der Waals surface area (Å²) in [5, 5.41) is 0.864. The van der Waals surface area contributed by atoms with Gasteiger partial charge in [0.25, 0.3) is 0 Å². The first-order valence-corrected chi connectivity index (χ1v) is 11.4. The smallest absolute Gasteiger partial charge is 0.246 e. The fraction of sp³-hybridized carbons (Fsp3) is 0.333. The summed E-state index contributed by atoms with van der Waals surface area (Å²) >= 11 is 0. The molecule has 0 N–H and O–H groups in total. The number of nitrogens with zero attached hydrogens (tertiary/aromatic N) is 2. The number of carbonyl (C=O) groups excluding carboxylic acids is 2. The molecule has 0 radical (unpaired) electrons. The van der Waals surface area contributed by atoms with E-state index in [4.69, 9.17) is 18.6 Å². The minimum Gasteiger partial charge on any atom is -0.497 e. The summed E-state index contributed by atoms with van der Waals surface area (Å²) in [5.41, 5.74) is 3.90. The van der Waals surface area contributed by atoms with Gasteiger partial charge in [0, 0.05) is 67.3 Å². The van der Waals surface area contributed by atoms with Crippen molar-refractivity contribution in [1.29, 1.82) is 0 Å². The second-order valence-electron chi connectivity index (χ2n) is 8.42. The van der Waals surface area contributed by atoms with E-state index in [-0.39, 0.29) is 11.8 Å². The van der Waals surface area contributed by atoms with E-state index in [1.165, 1.54) is 0 Å². The SMILES string of the molecule is COc1ccc(OC)c(-c2coc3cc(OC)c(/C(C)=C/C(=O)N4CCN(C(C)=O)CC4)cc23)c1. The van der Waals surface area contributed by atoms with Gasteiger partial charge in [0.05, 0.1) is 27.6 Å². The maximum Gasteiger partial charge on any atom is 0.246 e. The van der Waals surface area contributed by atoms with E-state index in [1.54, 1.807) is 50.4 Å². The van der Waals surface area contributed by atoms with Crippen LogP contribution in [0.25, 0.3) is 27.7 Å². The zero-order valence-electron chi connectivity index (χ0n) is 20.7. The van der Waals surface area contributed by atoms with Crippen LogP contribution in [0, 0.1) is 0 Å². The fourth-order valence-corrected chi connectivity index (χ4v) is 4.36. The number of carbonyl (C=O) groups is 2. The predicted octanol–water partition coefficient (Wildman–Crippen LogP) is 4.22. The summed E-state index contributed by atoms with van der Waals surface area (Å²) in [6.07, 6.45) is 3.31. The monoisotopic (exact) mass is 478 g/mol. The standard InChI is InChI=1S/C27H30N2O6/c1-17(12-27(31)29-10-8-28(9-11-29)18(2)30)20-14-22-23(16-35-26(22)15-25(20)34-5)21-13-19(32-3)6-7-24(21)33-4/h6-7,12-16H,8-11H2,1-5H3/b17-12+. The first-order valence-electron chi connectivity index (χ1n) is 11.4. The lowest BCUT2D eigenvalue weighted by Crippen LogP contribution is -2.49. The van der Waals surface area contributed by atoms with E-state index in [0.29, 0.717) is 49.0 Å². The lowest BCUT2D eigenvalue weighted by Gasteiger charge is -2.33. The Kier molecular flexibility index (Phi) is 7.00. The molecule has 1 fully saturated rings. The number of methoxy groups -OCH3 is 3. The molecular formula is C27H30N2O6. The Morgan fingerprint density at radius 2 is 1.54 bits per heavy atom. The molecule has 1 aromatic heterocycles. The highest BCUT2D eigenvalue weighted by Gasteiger charge is 2.22. The van der Waals surface area contributed by atoms with E-state index < -0.39 is 0 Å². The third-order valence-corrected chi connectivity index (χ3v) is 6.39. The van der Waals surface area contributed by atoms with Gasteiger partial charge in [0.2, 0.25) is 11.8 Å². The van der Waals surface area contributed by atoms with Crippen molar-refractivity contribution >= 4 is 28.4 Å². The van der Waals surface area contributed by atoms with Gasteiger partial charge in [-0.25, -0.2) is 0 Å². The zero-order valence-corrected chi connectivity index (χ0v) is 20.7. The number of amides is 2. The number of piperazine rings is 1. The maximum atomic E-state index is 13.0. The van der Waals surface area contributed by atoms with Crippen LogP contribution in [-0.2, 0) is 9.59 Å². The molecule has 1 saturated heterocycles. The number of fused-ring (bicyclic) bond motifs is 1. The molecule has 0 spiro atoms. The zero-order chi connectivity index (χ0) is 25.1. The van der Waals surface area contributed by atoms with Crippen molar-refractivity contribution in [2.24, 2.45) is 0 Å². The predicted molar refractivity (Wildman–Crippen MR) is 134 cm³/mol. The summed E-state index contributed by atoms with van der Waals surface area (Å²) in [6, 6.07) is 9.40. The Morgan fingerprint density at radius 1 is 0.857 bits per heavy atom. The molecule has 1 aliphatic heterocycles. The molecule has 0 atom stereocenters. The molecule has 184 valence electrons. The molecule has 0 unspecified atom stereocenters. The molecular weight excluding hydrogens is 448 g/mol. The summed E-state index contributed by atoms with van der Waals surface area (Å²) in [5.74, 6) is 1.95. The van der Waals surface area contributed by atoms with Gasteiger partial charge in [-0.05, 0) is 36.8 Å². The Hall–Kier alpha value is -3.94. The van der Waals surface area contributed by atoms with Crippen LogP contribution >= 0.6 is 0 Å². The van der Waals surface area contributed by atoms with Crippen LogP contribution in [-0.4, -0.2) is 69.1 Å². The van der Waals surface area contributed by atoms with Crippen LogP contribution in [0.5, 0.6) is 17.2 Å². The van der Waals surface area contributed by atoms with Gasteiger partial charge in [-0.15, -0.1) is 0 Å². The normalized spacial score (nSPS) is 14.3. The second kappa shape index (κ2) is 10.1. The first-order chi connectivity index (χ1) is 16.9. The van der Waals surface area contributed by atoms with E-state index in [0.717, 1.165) is 27.6 Å². The van der Waals surface area contributed by atoms with Gasteiger partial charge in [-0.1, -0.05) is 0 Å². The van der Waals surface area contributed by atoms with Crippen LogP contribution in [0.2, 0.25) is 0 Å². The molecule has 0 bridgehead atoms. The first kappa shape index (κ1) is 24.2. The minimum atomic E-state index is -0.0882. The van der Waals surface area contributed by atoms with Crippen LogP contribution in [0.3, 0.4) is 0 Å². The molecule has 2 heterocycles. The Bertz CT molecular complexity index is 1280. The molecule has 4 rings (SSSR count). The number of ether oxygens (including phenoxy) is 3. The maximum absolute atomic E-state index is 13.0. The number of benzene rings is 2. The lowest BCUT2D eigenvalue weighted by molar-refractivity contribution is -0.135. The second-order valence-corrected chi connectivity index (χ2v) is 8.42. The van der Waals surface area contributed by atoms with Crippen molar-refractivity contribution in [3.05, 3.63) is 48.2 Å². The number of allylic oxidation sites excluding steroid dienone is 1. The van der Waals surface area contributed by atoms with E-state index in [9.17, 15) is 9.59 Å². The van der Waals surface area contributed by atoms with Crippen molar-refractivity contribution in [2.45, 2.75) is 13.8 Å². The molecule has 8 heteroatoms. The Morgan fingerprint density at radius 3 is 2.17 bits per heavy atom. The average molecular weight is 479 g/mol. The van der Waals surface area contributed by atoms with Gasteiger partial charge in [0.1, 0.15) is 22.8 Å². The Labute approximate surface area is 204 Å². The van der Waals surface area contributed by atoms with Crippen molar-refractivity contribution < 1.29 is 28.2 Å². The number of rotatable bonds is 6. The number of furan rings is 1. The molecule has 3 aromatic rings. The number of hydrogen-bond donors (Lipinski definition) is 0. The third-order valence-electron chi connectivity index (χ3n) is 6.39. The van der Waals surface area contributed by atoms with Crippen molar-refractivity contribution in [3.8, 4) is 28.4 Å². The van der Waals surface area contributed by atoms with Crippen LogP contribution in [0.15, 0.2) is 47.1 Å². The summed E-state index contributed by atoms with van der Waals surface area (Å²) < 4.78 is 22.5. The molecule has 0 saturated carbocycles. The van der Waals surface area contributed by atoms with Gasteiger partial charge in [0.15, 0.2) is 0 Å². The van der Waals surface area contributed by atoms with Crippen LogP contribution in [0.4, 0.5) is 0 Å². The van der Waals surface area contributed by atoms with Crippen molar-refractivity contribution in [1.82, 2.24) is 9.80 Å². The largest absolute Gasteiger partial charge is 0.497 e. The van der Waals surface area contributed by atoms with Crippen LogP contribution in [0.1, 0.15) is 19.4 Å². The van der Waals surface area contributed by atoms with Crippen molar-refractivity contribution in [2.75, 3.05) is 47.5 Å². The molecule has 1 aliphatic rings. The Balaban J connectivity index is 1.70. The van der Waals surface area contributed by atoms with Gasteiger partial charge < -0.3 is 28.4 Å². The van der Waals surface area contributed by atoms with Gasteiger partial charge in [-0.3, -0.25) is 9.59 Å². The average Bonchev–Trinajstić information content (AvgIpc) is 3.30. The highest BCUT2D eigenvalue weighted by atomic mass is 16.5. The summed E-state index contributed by atoms with van der Waals surface area (Å²) in [7, 11) is 4.83. The third kappa shape index (κ3) is 4.82. The molecule has 2 amide bonds. The van der Waals surface area contributed by atoms with Gasteiger partial charge >= 0.3 is 0 Å². The quantitative estimate of drug-likeness (QED) is 0.494. The topological polar surface area (TPSA) is 81.4 Å². The molecule has 8 nitrogen and oxygen atoms in total. The summed E-state index contributed by atoms with van der Waals surface area (Å²) in [4.78, 5) is 28.1. The minimum absolute atomic E-state index is 0.0328. The lowest BCUT2D eigenvalue weighted by atomic mass is 9.98. The van der Waals surface area contributed by atoms with E-state index >= 15 is 0 Å². The van der Waals surface area contributed by atoms with E-state index in [2.05, 4.69) is 0 Å². The highest BCUT2D eigenvalue weighted by molar-refractivity contribution is 6.01. The fourth-order valence-electron chi connectivity index (χ4n) is 4.36. The number of hydrogen-bond acceptors (Lipinski definition) is 6. The van der Waals surface area contributed by atoms with Crippen molar-refractivity contribution in [3.63, 3.8) is 0 Å². The summed E-state index contributed by atoms with van der Waals surface area (Å²) in [6.45, 7) is 5.56. The highest BCUT2D eigenvalue weighted by Crippen LogP contribution is 2.41.